The molecule has 3 aromatic rings. The first kappa shape index (κ1) is 23.2. The van der Waals surface area contributed by atoms with Crippen molar-refractivity contribution in [1.82, 2.24) is 9.88 Å². The van der Waals surface area contributed by atoms with Gasteiger partial charge >= 0.3 is 6.18 Å². The molecule has 0 spiro atoms. The van der Waals surface area contributed by atoms with Crippen LogP contribution >= 0.6 is 0 Å². The van der Waals surface area contributed by atoms with E-state index in [9.17, 15) is 22.8 Å². The fraction of sp³-hybridized carbons (Fsp3) is 0.292. The summed E-state index contributed by atoms with van der Waals surface area (Å²) in [6.07, 6.45) is -4.54. The number of nitrogens with one attached hydrogen (secondary N) is 1. The number of carbonyl (C=O) groups is 2. The zero-order chi connectivity index (χ0) is 23.5. The Morgan fingerprint density at radius 3 is 2.38 bits per heavy atom. The van der Waals surface area contributed by atoms with Crippen LogP contribution in [-0.4, -0.2) is 34.8 Å². The summed E-state index contributed by atoms with van der Waals surface area (Å²) in [7, 11) is 0. The molecule has 1 N–H and O–H groups in total. The minimum atomic E-state index is -4.59. The average molecular weight is 443 g/mol. The standard InChI is InChI=1S/C24H24F3N3O2/c1-4-30(14-22(31)29-21-12-8-6-10-19(21)24(25,26)27)23(32)13-18-15(2)17-9-5-7-11-20(17)28-16(18)3/h5-12H,4,13-14H2,1-3H3,(H,29,31). The Bertz CT molecular complexity index is 1160. The molecule has 1 aromatic heterocycles. The molecule has 2 aromatic carbocycles. The fourth-order valence-electron chi connectivity index (χ4n) is 3.67. The molecule has 0 fully saturated rings. The molecular formula is C24H24F3N3O2. The molecule has 0 aliphatic carbocycles. The lowest BCUT2D eigenvalue weighted by Gasteiger charge is -2.22. The van der Waals surface area contributed by atoms with Gasteiger partial charge in [-0.15, -0.1) is 0 Å². The van der Waals surface area contributed by atoms with Gasteiger partial charge in [-0.05, 0) is 50.1 Å². The van der Waals surface area contributed by atoms with E-state index < -0.39 is 17.6 Å². The molecule has 8 heteroatoms. The van der Waals surface area contributed by atoms with E-state index in [-0.39, 0.29) is 31.1 Å². The average Bonchev–Trinajstić information content (AvgIpc) is 2.74. The predicted molar refractivity (Wildman–Crippen MR) is 117 cm³/mol. The first-order valence-corrected chi connectivity index (χ1v) is 10.2. The molecule has 0 bridgehead atoms. The van der Waals surface area contributed by atoms with E-state index in [0.29, 0.717) is 0 Å². The molecular weight excluding hydrogens is 419 g/mol. The molecule has 1 heterocycles. The monoisotopic (exact) mass is 443 g/mol. The maximum absolute atomic E-state index is 13.2. The molecule has 5 nitrogen and oxygen atoms in total. The van der Waals surface area contributed by atoms with Gasteiger partial charge in [-0.2, -0.15) is 13.2 Å². The Hall–Kier alpha value is -3.42. The van der Waals surface area contributed by atoms with Gasteiger partial charge in [0, 0.05) is 17.6 Å². The van der Waals surface area contributed by atoms with Gasteiger partial charge in [0.2, 0.25) is 11.8 Å². The van der Waals surface area contributed by atoms with Crippen molar-refractivity contribution < 1.29 is 22.8 Å². The maximum atomic E-state index is 13.2. The number of carbonyl (C=O) groups excluding carboxylic acids is 2. The van der Waals surface area contributed by atoms with Crippen LogP contribution in [0.4, 0.5) is 18.9 Å². The van der Waals surface area contributed by atoms with Crippen LogP contribution in [0.1, 0.15) is 29.3 Å². The molecule has 0 saturated carbocycles. The third-order valence-corrected chi connectivity index (χ3v) is 5.39. The van der Waals surface area contributed by atoms with Crippen LogP contribution in [0.25, 0.3) is 10.9 Å². The predicted octanol–water partition coefficient (Wildman–Crippen LogP) is 4.90. The molecule has 168 valence electrons. The zero-order valence-corrected chi connectivity index (χ0v) is 18.1. The SMILES string of the molecule is CCN(CC(=O)Nc1ccccc1C(F)(F)F)C(=O)Cc1c(C)nc2ccccc2c1C. The van der Waals surface area contributed by atoms with Crippen molar-refractivity contribution in [2.24, 2.45) is 0 Å². The number of rotatable bonds is 6. The highest BCUT2D eigenvalue weighted by Gasteiger charge is 2.33. The number of amides is 2. The summed E-state index contributed by atoms with van der Waals surface area (Å²) < 4.78 is 39.5. The van der Waals surface area contributed by atoms with Crippen molar-refractivity contribution in [2.45, 2.75) is 33.4 Å². The van der Waals surface area contributed by atoms with E-state index in [1.165, 1.54) is 23.1 Å². The maximum Gasteiger partial charge on any atom is 0.418 e. The Balaban J connectivity index is 1.75. The number of hydrogen-bond acceptors (Lipinski definition) is 3. The summed E-state index contributed by atoms with van der Waals surface area (Å²) in [5.41, 5.74) is 2.04. The first-order valence-electron chi connectivity index (χ1n) is 10.2. The Morgan fingerprint density at radius 1 is 1.03 bits per heavy atom. The number of benzene rings is 2. The second kappa shape index (κ2) is 9.38. The fourth-order valence-corrected chi connectivity index (χ4v) is 3.67. The molecule has 0 aliphatic heterocycles. The quantitative estimate of drug-likeness (QED) is 0.590. The van der Waals surface area contributed by atoms with Crippen LogP contribution in [-0.2, 0) is 22.2 Å². The van der Waals surface area contributed by atoms with Gasteiger partial charge in [-0.25, -0.2) is 0 Å². The minimum absolute atomic E-state index is 0.0513. The molecule has 0 aliphatic rings. The number of pyridine rings is 1. The molecule has 0 saturated heterocycles. The van der Waals surface area contributed by atoms with Crippen molar-refractivity contribution in [2.75, 3.05) is 18.4 Å². The molecule has 0 radical (unpaired) electrons. The smallest absolute Gasteiger partial charge is 0.333 e. The van der Waals surface area contributed by atoms with Crippen molar-refractivity contribution in [1.29, 1.82) is 0 Å². The lowest BCUT2D eigenvalue weighted by molar-refractivity contribution is -0.137. The van der Waals surface area contributed by atoms with E-state index in [1.54, 1.807) is 6.92 Å². The lowest BCUT2D eigenvalue weighted by Crippen LogP contribution is -2.39. The van der Waals surface area contributed by atoms with Crippen LogP contribution in [0.2, 0.25) is 0 Å². The highest BCUT2D eigenvalue weighted by atomic mass is 19.4. The van der Waals surface area contributed by atoms with E-state index in [0.717, 1.165) is 33.8 Å². The Kier molecular flexibility index (Phi) is 6.81. The first-order chi connectivity index (χ1) is 15.1. The van der Waals surface area contributed by atoms with Crippen molar-refractivity contribution >= 4 is 28.4 Å². The summed E-state index contributed by atoms with van der Waals surface area (Å²) in [5.74, 6) is -0.989. The molecule has 2 amide bonds. The third-order valence-electron chi connectivity index (χ3n) is 5.39. The van der Waals surface area contributed by atoms with Crippen LogP contribution in [0.3, 0.4) is 0 Å². The van der Waals surface area contributed by atoms with Gasteiger partial charge in [0.25, 0.3) is 0 Å². The van der Waals surface area contributed by atoms with Crippen molar-refractivity contribution in [3.8, 4) is 0 Å². The number of aryl methyl sites for hydroxylation is 2. The number of para-hydroxylation sites is 2. The molecule has 32 heavy (non-hydrogen) atoms. The van der Waals surface area contributed by atoms with Crippen molar-refractivity contribution in [3.05, 3.63) is 70.9 Å². The van der Waals surface area contributed by atoms with Gasteiger partial charge in [-0.3, -0.25) is 14.6 Å². The molecule has 0 atom stereocenters. The Morgan fingerprint density at radius 2 is 1.69 bits per heavy atom. The second-order valence-electron chi connectivity index (χ2n) is 7.49. The van der Waals surface area contributed by atoms with Crippen molar-refractivity contribution in [3.63, 3.8) is 0 Å². The lowest BCUT2D eigenvalue weighted by atomic mass is 9.99. The van der Waals surface area contributed by atoms with Crippen LogP contribution in [0.5, 0.6) is 0 Å². The number of hydrogen-bond donors (Lipinski definition) is 1. The van der Waals surface area contributed by atoms with E-state index >= 15 is 0 Å². The third kappa shape index (κ3) is 5.07. The van der Waals surface area contributed by atoms with Gasteiger partial charge in [-0.1, -0.05) is 30.3 Å². The van der Waals surface area contributed by atoms with E-state index in [4.69, 9.17) is 0 Å². The highest BCUT2D eigenvalue weighted by molar-refractivity contribution is 5.95. The highest BCUT2D eigenvalue weighted by Crippen LogP contribution is 2.34. The number of aromatic nitrogens is 1. The van der Waals surface area contributed by atoms with E-state index in [1.807, 2.05) is 38.1 Å². The van der Waals surface area contributed by atoms with Gasteiger partial charge in [0.05, 0.1) is 29.7 Å². The summed E-state index contributed by atoms with van der Waals surface area (Å²) in [6, 6.07) is 12.4. The largest absolute Gasteiger partial charge is 0.418 e. The summed E-state index contributed by atoms with van der Waals surface area (Å²) in [5, 5.41) is 3.23. The van der Waals surface area contributed by atoms with Gasteiger partial charge in [0.1, 0.15) is 0 Å². The summed E-state index contributed by atoms with van der Waals surface area (Å²) in [6.45, 7) is 5.37. The molecule has 0 unspecified atom stereocenters. The zero-order valence-electron chi connectivity index (χ0n) is 18.1. The number of alkyl halides is 3. The number of nitrogens with zero attached hydrogens (tertiary/aromatic N) is 2. The number of fused-ring (bicyclic) bond motifs is 1. The van der Waals surface area contributed by atoms with Gasteiger partial charge in [0.15, 0.2) is 0 Å². The van der Waals surface area contributed by atoms with Gasteiger partial charge < -0.3 is 10.2 Å². The van der Waals surface area contributed by atoms with Crippen LogP contribution in [0.15, 0.2) is 48.5 Å². The van der Waals surface area contributed by atoms with E-state index in [2.05, 4.69) is 10.3 Å². The Labute approximate surface area is 184 Å². The number of halogens is 3. The molecule has 3 rings (SSSR count). The minimum Gasteiger partial charge on any atom is -0.333 e. The normalized spacial score (nSPS) is 11.4. The second-order valence-corrected chi connectivity index (χ2v) is 7.49. The number of anilines is 1. The topological polar surface area (TPSA) is 62.3 Å². The summed E-state index contributed by atoms with van der Waals surface area (Å²) in [4.78, 5) is 31.3. The van der Waals surface area contributed by atoms with Crippen LogP contribution in [0, 0.1) is 13.8 Å². The summed E-state index contributed by atoms with van der Waals surface area (Å²) >= 11 is 0. The van der Waals surface area contributed by atoms with Crippen LogP contribution < -0.4 is 5.32 Å². The number of likely N-dealkylation sites (N-methyl/N-ethyl adjacent to an activating group) is 1.